The van der Waals surface area contributed by atoms with Crippen molar-refractivity contribution in [2.45, 2.75) is 6.92 Å². The van der Waals surface area contributed by atoms with Gasteiger partial charge in [0.1, 0.15) is 28.1 Å². The Kier molecular flexibility index (Phi) is 7.39. The summed E-state index contributed by atoms with van der Waals surface area (Å²) in [5, 5.41) is 0.199. The minimum atomic E-state index is -3.22. The van der Waals surface area contributed by atoms with Gasteiger partial charge in [0.05, 0.1) is 26.4 Å². The van der Waals surface area contributed by atoms with Gasteiger partial charge >= 0.3 is 0 Å². The molecular formula is C24H22ClO6P. The van der Waals surface area contributed by atoms with Crippen LogP contribution in [0.4, 0.5) is 0 Å². The summed E-state index contributed by atoms with van der Waals surface area (Å²) in [6.07, 6.45) is 0. The molecule has 0 bridgehead atoms. The fourth-order valence-corrected chi connectivity index (χ4v) is 5.45. The number of hydrogen-bond acceptors (Lipinski definition) is 6. The Bertz CT molecular complexity index is 1190. The molecular weight excluding hydrogens is 451 g/mol. The zero-order valence-corrected chi connectivity index (χ0v) is 19.8. The van der Waals surface area contributed by atoms with Gasteiger partial charge in [0.25, 0.3) is 0 Å². The molecule has 32 heavy (non-hydrogen) atoms. The Balaban J connectivity index is 2.26. The summed E-state index contributed by atoms with van der Waals surface area (Å²) in [6.45, 7) is 1.71. The number of methoxy groups -OCH3 is 3. The van der Waals surface area contributed by atoms with Gasteiger partial charge in [0.15, 0.2) is 7.80 Å². The maximum Gasteiger partial charge on any atom is 0.224 e. The van der Waals surface area contributed by atoms with Crippen LogP contribution in [0.3, 0.4) is 0 Å². The first kappa shape index (κ1) is 23.6. The standard InChI is InChI=1S/C24H22ClO6P/c1-14-9-8-12-16(25)19(14)24(27)32(28)23-18(30-3)13-17(29-2)20(22(23)31-4)21(26)15-10-6-5-7-11-15/h5-13,32H,1-4H3. The van der Waals surface area contributed by atoms with Crippen molar-refractivity contribution in [1.82, 2.24) is 0 Å². The molecule has 0 fully saturated rings. The summed E-state index contributed by atoms with van der Waals surface area (Å²) < 4.78 is 29.9. The van der Waals surface area contributed by atoms with Crippen molar-refractivity contribution in [3.8, 4) is 17.2 Å². The molecule has 3 aromatic rings. The van der Waals surface area contributed by atoms with Gasteiger partial charge in [-0.05, 0) is 18.6 Å². The molecule has 1 unspecified atom stereocenters. The Morgan fingerprint density at radius 3 is 2.06 bits per heavy atom. The Morgan fingerprint density at radius 1 is 0.844 bits per heavy atom. The van der Waals surface area contributed by atoms with Gasteiger partial charge in [-0.1, -0.05) is 54.1 Å². The summed E-state index contributed by atoms with van der Waals surface area (Å²) >= 11 is 6.23. The fourth-order valence-electron chi connectivity index (χ4n) is 3.45. The van der Waals surface area contributed by atoms with Crippen LogP contribution in [0.15, 0.2) is 54.6 Å². The molecule has 166 valence electrons. The van der Waals surface area contributed by atoms with Gasteiger partial charge in [-0.25, -0.2) is 0 Å². The van der Waals surface area contributed by atoms with E-state index in [1.54, 1.807) is 55.5 Å². The third-order valence-electron chi connectivity index (χ3n) is 5.00. The first-order chi connectivity index (χ1) is 15.3. The number of hydrogen-bond donors (Lipinski definition) is 0. The molecule has 0 heterocycles. The largest absolute Gasteiger partial charge is 0.496 e. The molecule has 0 radical (unpaired) electrons. The van der Waals surface area contributed by atoms with Crippen molar-refractivity contribution in [1.29, 1.82) is 0 Å². The van der Waals surface area contributed by atoms with Crippen molar-refractivity contribution in [2.24, 2.45) is 0 Å². The number of aryl methyl sites for hydroxylation is 1. The van der Waals surface area contributed by atoms with E-state index in [9.17, 15) is 14.2 Å². The number of halogens is 1. The second-order valence-electron chi connectivity index (χ2n) is 6.85. The van der Waals surface area contributed by atoms with Crippen LogP contribution in [-0.4, -0.2) is 32.6 Å². The third kappa shape index (κ3) is 4.29. The highest BCUT2D eigenvalue weighted by Crippen LogP contribution is 2.43. The summed E-state index contributed by atoms with van der Waals surface area (Å²) in [4.78, 5) is 26.6. The van der Waals surface area contributed by atoms with Crippen LogP contribution in [0.2, 0.25) is 5.02 Å². The highest BCUT2D eigenvalue weighted by molar-refractivity contribution is 7.72. The summed E-state index contributed by atoms with van der Waals surface area (Å²) in [5.74, 6) is -0.144. The van der Waals surface area contributed by atoms with Gasteiger partial charge < -0.3 is 18.8 Å². The molecule has 0 saturated heterocycles. The average Bonchev–Trinajstić information content (AvgIpc) is 2.81. The molecule has 0 spiro atoms. The van der Waals surface area contributed by atoms with Crippen molar-refractivity contribution < 1.29 is 28.4 Å². The van der Waals surface area contributed by atoms with Gasteiger partial charge in [-0.15, -0.1) is 0 Å². The van der Waals surface area contributed by atoms with E-state index in [1.807, 2.05) is 0 Å². The normalized spacial score (nSPS) is 11.5. The molecule has 0 aromatic heterocycles. The number of carbonyl (C=O) groups is 2. The van der Waals surface area contributed by atoms with Crippen molar-refractivity contribution in [2.75, 3.05) is 21.3 Å². The van der Waals surface area contributed by atoms with Crippen LogP contribution in [0.1, 0.15) is 31.8 Å². The summed E-state index contributed by atoms with van der Waals surface area (Å²) in [6, 6.07) is 14.9. The molecule has 3 aromatic carbocycles. The predicted molar refractivity (Wildman–Crippen MR) is 125 cm³/mol. The molecule has 1 atom stereocenters. The number of rotatable bonds is 8. The van der Waals surface area contributed by atoms with Crippen LogP contribution < -0.4 is 19.5 Å². The topological polar surface area (TPSA) is 78.9 Å². The fraction of sp³-hybridized carbons (Fsp3) is 0.167. The Labute approximate surface area is 191 Å². The van der Waals surface area contributed by atoms with Crippen molar-refractivity contribution in [3.63, 3.8) is 0 Å². The summed E-state index contributed by atoms with van der Waals surface area (Å²) in [5.41, 5.74) is 0.534. The van der Waals surface area contributed by atoms with E-state index in [0.29, 0.717) is 11.1 Å². The van der Waals surface area contributed by atoms with E-state index < -0.39 is 19.1 Å². The average molecular weight is 473 g/mol. The predicted octanol–water partition coefficient (Wildman–Crippen LogP) is 4.93. The van der Waals surface area contributed by atoms with Crippen LogP contribution >= 0.6 is 19.4 Å². The van der Waals surface area contributed by atoms with Crippen LogP contribution in [0, 0.1) is 6.92 Å². The molecule has 0 N–H and O–H groups in total. The number of ether oxygens (including phenoxy) is 3. The van der Waals surface area contributed by atoms with E-state index in [1.165, 1.54) is 27.4 Å². The van der Waals surface area contributed by atoms with E-state index in [-0.39, 0.29) is 38.7 Å². The lowest BCUT2D eigenvalue weighted by molar-refractivity contribution is 0.103. The molecule has 0 aliphatic heterocycles. The van der Waals surface area contributed by atoms with Crippen LogP contribution in [0.25, 0.3) is 0 Å². The van der Waals surface area contributed by atoms with E-state index in [4.69, 9.17) is 25.8 Å². The van der Waals surface area contributed by atoms with E-state index >= 15 is 0 Å². The smallest absolute Gasteiger partial charge is 0.224 e. The maximum atomic E-state index is 13.6. The molecule has 3 rings (SSSR count). The van der Waals surface area contributed by atoms with Crippen LogP contribution in [0.5, 0.6) is 17.2 Å². The lowest BCUT2D eigenvalue weighted by Gasteiger charge is -2.19. The quantitative estimate of drug-likeness (QED) is 0.341. The first-order valence-corrected chi connectivity index (χ1v) is 11.4. The van der Waals surface area contributed by atoms with Gasteiger partial charge in [-0.3, -0.25) is 9.59 Å². The number of benzene rings is 3. The number of ketones is 1. The van der Waals surface area contributed by atoms with E-state index in [0.717, 1.165) is 0 Å². The Morgan fingerprint density at radius 2 is 1.50 bits per heavy atom. The minimum absolute atomic E-state index is 0.00407. The summed E-state index contributed by atoms with van der Waals surface area (Å²) in [7, 11) is 0.888. The molecule has 0 aliphatic rings. The van der Waals surface area contributed by atoms with Crippen molar-refractivity contribution >= 4 is 36.0 Å². The van der Waals surface area contributed by atoms with Gasteiger partial charge in [0.2, 0.25) is 11.3 Å². The molecule has 6 nitrogen and oxygen atoms in total. The minimum Gasteiger partial charge on any atom is -0.496 e. The molecule has 8 heteroatoms. The lowest BCUT2D eigenvalue weighted by Crippen LogP contribution is -2.17. The molecule has 0 amide bonds. The second-order valence-corrected chi connectivity index (χ2v) is 8.87. The zero-order chi connectivity index (χ0) is 23.4. The first-order valence-electron chi connectivity index (χ1n) is 9.62. The second kappa shape index (κ2) is 10.0. The monoisotopic (exact) mass is 472 g/mol. The van der Waals surface area contributed by atoms with Crippen molar-refractivity contribution in [3.05, 3.63) is 81.9 Å². The molecule has 0 aliphatic carbocycles. The van der Waals surface area contributed by atoms with Gasteiger partial charge in [-0.2, -0.15) is 0 Å². The number of carbonyl (C=O) groups excluding carboxylic acids is 2. The highest BCUT2D eigenvalue weighted by atomic mass is 35.5. The highest BCUT2D eigenvalue weighted by Gasteiger charge is 2.32. The SMILES string of the molecule is COc1cc(OC)c([PH](=O)C(=O)c2c(C)cccc2Cl)c(OC)c1C(=O)c1ccccc1. The zero-order valence-electron chi connectivity index (χ0n) is 18.0. The Hall–Kier alpha value is -3.08. The third-order valence-corrected chi connectivity index (χ3v) is 6.90. The van der Waals surface area contributed by atoms with Gasteiger partial charge in [0, 0.05) is 17.2 Å². The maximum absolute atomic E-state index is 13.6. The molecule has 0 saturated carbocycles. The van der Waals surface area contributed by atoms with E-state index in [2.05, 4.69) is 0 Å². The van der Waals surface area contributed by atoms with Crippen LogP contribution in [-0.2, 0) is 4.57 Å². The lowest BCUT2D eigenvalue weighted by atomic mass is 10.0.